The van der Waals surface area contributed by atoms with Gasteiger partial charge in [-0.2, -0.15) is 4.98 Å². The number of carbonyl (C=O) groups excluding carboxylic acids is 2. The highest BCUT2D eigenvalue weighted by Gasteiger charge is 2.33. The van der Waals surface area contributed by atoms with E-state index in [0.717, 1.165) is 12.8 Å². The van der Waals surface area contributed by atoms with E-state index in [1.54, 1.807) is 11.8 Å². The Morgan fingerprint density at radius 3 is 3.04 bits per heavy atom. The molecule has 2 aromatic heterocycles. The fourth-order valence-electron chi connectivity index (χ4n) is 2.54. The lowest BCUT2D eigenvalue weighted by molar-refractivity contribution is -0.134. The van der Waals surface area contributed by atoms with Gasteiger partial charge in [0, 0.05) is 19.4 Å². The number of anilines is 1. The molecule has 0 aliphatic carbocycles. The minimum atomic E-state index is -0.250. The maximum absolute atomic E-state index is 12.4. The van der Waals surface area contributed by atoms with Crippen molar-refractivity contribution >= 4 is 28.3 Å². The van der Waals surface area contributed by atoms with Gasteiger partial charge in [0.1, 0.15) is 11.6 Å². The largest absolute Gasteiger partial charge is 0.337 e. The smallest absolute Gasteiger partial charge is 0.249 e. The first-order chi connectivity index (χ1) is 11.1. The van der Waals surface area contributed by atoms with E-state index >= 15 is 0 Å². The molecule has 23 heavy (non-hydrogen) atoms. The van der Waals surface area contributed by atoms with Crippen LogP contribution in [0.15, 0.2) is 10.0 Å². The number of hydrogen-bond donors (Lipinski definition) is 1. The molecule has 1 fully saturated rings. The number of likely N-dealkylation sites (tertiary alicyclic amines) is 1. The summed E-state index contributed by atoms with van der Waals surface area (Å²) in [5.41, 5.74) is 1.53. The molecule has 0 bridgehead atoms. The Labute approximate surface area is 136 Å². The van der Waals surface area contributed by atoms with E-state index in [1.165, 1.54) is 16.8 Å². The van der Waals surface area contributed by atoms with Crippen molar-refractivity contribution in [2.24, 2.45) is 0 Å². The molecule has 0 aromatic carbocycles. The summed E-state index contributed by atoms with van der Waals surface area (Å²) in [5.74, 6) is 0.678. The van der Waals surface area contributed by atoms with Gasteiger partial charge in [0.05, 0.1) is 0 Å². The van der Waals surface area contributed by atoms with Gasteiger partial charge in [-0.15, -0.1) is 10.2 Å². The minimum absolute atomic E-state index is 0.0873. The SMILES string of the molecule is Cc1noc(C2CCCN2C(=O)CCC(=O)Nc2nncs2)n1. The summed E-state index contributed by atoms with van der Waals surface area (Å²) < 4.78 is 5.18. The lowest BCUT2D eigenvalue weighted by atomic mass is 10.2. The standard InChI is InChI=1S/C13H16N6O3S/c1-8-15-12(22-18-8)9-3-2-6-19(9)11(21)5-4-10(20)16-13-17-14-7-23-13/h7,9H,2-6H2,1H3,(H,16,17,20). The highest BCUT2D eigenvalue weighted by Crippen LogP contribution is 2.31. The maximum Gasteiger partial charge on any atom is 0.249 e. The van der Waals surface area contributed by atoms with Gasteiger partial charge in [0.15, 0.2) is 5.82 Å². The average molecular weight is 336 g/mol. The van der Waals surface area contributed by atoms with Gasteiger partial charge in [0.25, 0.3) is 0 Å². The molecule has 1 saturated heterocycles. The Bertz CT molecular complexity index is 686. The molecular formula is C13H16N6O3S. The maximum atomic E-state index is 12.4. The molecule has 0 saturated carbocycles. The fourth-order valence-corrected chi connectivity index (χ4v) is 3.00. The molecule has 9 nitrogen and oxygen atoms in total. The number of nitrogens with zero attached hydrogens (tertiary/aromatic N) is 5. The van der Waals surface area contributed by atoms with Crippen LogP contribution in [0, 0.1) is 6.92 Å². The third-order valence-corrected chi connectivity index (χ3v) is 4.18. The summed E-state index contributed by atoms with van der Waals surface area (Å²) in [6.45, 7) is 2.38. The van der Waals surface area contributed by atoms with Crippen LogP contribution >= 0.6 is 11.3 Å². The normalized spacial score (nSPS) is 17.4. The minimum Gasteiger partial charge on any atom is -0.337 e. The second kappa shape index (κ2) is 6.82. The first-order valence-electron chi connectivity index (χ1n) is 7.29. The van der Waals surface area contributed by atoms with Crippen LogP contribution in [0.25, 0.3) is 0 Å². The van der Waals surface area contributed by atoms with E-state index in [9.17, 15) is 9.59 Å². The summed E-state index contributed by atoms with van der Waals surface area (Å²) in [5, 5.41) is 14.2. The lowest BCUT2D eigenvalue weighted by Gasteiger charge is -2.21. The Kier molecular flexibility index (Phi) is 4.60. The Morgan fingerprint density at radius 2 is 2.35 bits per heavy atom. The topological polar surface area (TPSA) is 114 Å². The molecule has 1 N–H and O–H groups in total. The Morgan fingerprint density at radius 1 is 1.48 bits per heavy atom. The third-order valence-electron chi connectivity index (χ3n) is 3.57. The molecule has 1 aliphatic heterocycles. The second-order valence-corrected chi connectivity index (χ2v) is 6.05. The van der Waals surface area contributed by atoms with Crippen molar-refractivity contribution in [2.45, 2.75) is 38.6 Å². The molecule has 1 atom stereocenters. The number of rotatable bonds is 5. The van der Waals surface area contributed by atoms with E-state index in [4.69, 9.17) is 4.52 Å². The van der Waals surface area contributed by atoms with E-state index in [0.29, 0.717) is 23.4 Å². The van der Waals surface area contributed by atoms with E-state index in [2.05, 4.69) is 25.7 Å². The van der Waals surface area contributed by atoms with Crippen molar-refractivity contribution in [3.63, 3.8) is 0 Å². The predicted molar refractivity (Wildman–Crippen MR) is 80.5 cm³/mol. The summed E-state index contributed by atoms with van der Waals surface area (Å²) >= 11 is 1.23. The van der Waals surface area contributed by atoms with Crippen LogP contribution in [-0.4, -0.2) is 43.6 Å². The van der Waals surface area contributed by atoms with Crippen LogP contribution in [0.2, 0.25) is 0 Å². The summed E-state index contributed by atoms with van der Waals surface area (Å²) in [6, 6.07) is -0.185. The molecule has 3 heterocycles. The van der Waals surface area contributed by atoms with Gasteiger partial charge < -0.3 is 14.7 Å². The molecule has 10 heteroatoms. The van der Waals surface area contributed by atoms with Crippen LogP contribution in [-0.2, 0) is 9.59 Å². The molecule has 3 rings (SSSR count). The molecular weight excluding hydrogens is 320 g/mol. The van der Waals surface area contributed by atoms with Gasteiger partial charge in [-0.3, -0.25) is 9.59 Å². The summed E-state index contributed by atoms with van der Waals surface area (Å²) in [4.78, 5) is 30.1. The van der Waals surface area contributed by atoms with Crippen molar-refractivity contribution in [1.29, 1.82) is 0 Å². The van der Waals surface area contributed by atoms with Gasteiger partial charge in [0.2, 0.25) is 22.8 Å². The molecule has 122 valence electrons. The first kappa shape index (κ1) is 15.5. The lowest BCUT2D eigenvalue weighted by Crippen LogP contribution is -2.31. The third kappa shape index (κ3) is 3.70. The number of nitrogens with one attached hydrogen (secondary N) is 1. The highest BCUT2D eigenvalue weighted by atomic mass is 32.1. The number of aryl methyl sites for hydroxylation is 1. The number of hydrogen-bond acceptors (Lipinski definition) is 8. The van der Waals surface area contributed by atoms with Gasteiger partial charge in [-0.25, -0.2) is 0 Å². The van der Waals surface area contributed by atoms with Crippen LogP contribution in [0.1, 0.15) is 43.4 Å². The molecule has 1 unspecified atom stereocenters. The Hall–Kier alpha value is -2.36. The summed E-state index contributed by atoms with van der Waals surface area (Å²) in [7, 11) is 0. The molecule has 0 radical (unpaired) electrons. The molecule has 1 aliphatic rings. The highest BCUT2D eigenvalue weighted by molar-refractivity contribution is 7.13. The van der Waals surface area contributed by atoms with Crippen LogP contribution in [0.5, 0.6) is 0 Å². The van der Waals surface area contributed by atoms with Crippen LogP contribution in [0.3, 0.4) is 0 Å². The zero-order chi connectivity index (χ0) is 16.2. The zero-order valence-electron chi connectivity index (χ0n) is 12.6. The molecule has 0 spiro atoms. The van der Waals surface area contributed by atoms with E-state index in [1.807, 2.05) is 0 Å². The number of amides is 2. The van der Waals surface area contributed by atoms with Crippen molar-refractivity contribution in [1.82, 2.24) is 25.2 Å². The van der Waals surface area contributed by atoms with Gasteiger partial charge >= 0.3 is 0 Å². The Balaban J connectivity index is 1.54. The van der Waals surface area contributed by atoms with Crippen LogP contribution < -0.4 is 5.32 Å². The summed E-state index contributed by atoms with van der Waals surface area (Å²) in [6.07, 6.45) is 1.91. The van der Waals surface area contributed by atoms with E-state index in [-0.39, 0.29) is 30.7 Å². The van der Waals surface area contributed by atoms with Crippen molar-refractivity contribution < 1.29 is 14.1 Å². The van der Waals surface area contributed by atoms with Crippen molar-refractivity contribution in [3.05, 3.63) is 17.2 Å². The molecule has 2 aromatic rings. The monoisotopic (exact) mass is 336 g/mol. The van der Waals surface area contributed by atoms with Crippen molar-refractivity contribution in [3.8, 4) is 0 Å². The number of carbonyl (C=O) groups is 2. The average Bonchev–Trinajstić information content (AvgIpc) is 3.25. The first-order valence-corrected chi connectivity index (χ1v) is 8.17. The fraction of sp³-hybridized carbons (Fsp3) is 0.538. The van der Waals surface area contributed by atoms with Crippen molar-refractivity contribution in [2.75, 3.05) is 11.9 Å². The van der Waals surface area contributed by atoms with E-state index < -0.39 is 0 Å². The second-order valence-electron chi connectivity index (χ2n) is 5.22. The molecule has 2 amide bonds. The zero-order valence-corrected chi connectivity index (χ0v) is 13.4. The quantitative estimate of drug-likeness (QED) is 0.875. The van der Waals surface area contributed by atoms with Crippen LogP contribution in [0.4, 0.5) is 5.13 Å². The van der Waals surface area contributed by atoms with Gasteiger partial charge in [-0.1, -0.05) is 16.5 Å². The predicted octanol–water partition coefficient (Wildman–Crippen LogP) is 1.31. The van der Waals surface area contributed by atoms with Gasteiger partial charge in [-0.05, 0) is 19.8 Å². The number of aromatic nitrogens is 4.